The molecular weight excluding hydrogens is 276 g/mol. The van der Waals surface area contributed by atoms with Gasteiger partial charge in [0.15, 0.2) is 0 Å². The van der Waals surface area contributed by atoms with Crippen LogP contribution in [-0.4, -0.2) is 12.6 Å². The van der Waals surface area contributed by atoms with Crippen LogP contribution >= 0.6 is 11.6 Å². The number of rotatable bonds is 4. The number of benzene rings is 2. The predicted octanol–water partition coefficient (Wildman–Crippen LogP) is 4.38. The Morgan fingerprint density at radius 1 is 1.15 bits per heavy atom. The summed E-state index contributed by atoms with van der Waals surface area (Å²) in [4.78, 5) is 11.9. The van der Waals surface area contributed by atoms with Crippen molar-refractivity contribution < 1.29 is 9.53 Å². The molecule has 0 radical (unpaired) electrons. The lowest BCUT2D eigenvalue weighted by atomic mass is 10.3. The van der Waals surface area contributed by atoms with Crippen molar-refractivity contribution in [1.82, 2.24) is 0 Å². The first-order valence-corrected chi connectivity index (χ1v) is 6.62. The van der Waals surface area contributed by atoms with E-state index in [1.54, 1.807) is 36.4 Å². The molecule has 2 amide bonds. The monoisotopic (exact) mass is 290 g/mol. The predicted molar refractivity (Wildman–Crippen MR) is 81.7 cm³/mol. The van der Waals surface area contributed by atoms with E-state index >= 15 is 0 Å². The summed E-state index contributed by atoms with van der Waals surface area (Å²) in [5.41, 5.74) is 1.25. The minimum atomic E-state index is -0.348. The van der Waals surface area contributed by atoms with Gasteiger partial charge < -0.3 is 15.4 Å². The molecule has 0 aliphatic rings. The first kappa shape index (κ1) is 14.2. The highest BCUT2D eigenvalue weighted by Gasteiger charge is 2.07. The minimum absolute atomic E-state index is 0.348. The maximum Gasteiger partial charge on any atom is 0.323 e. The van der Waals surface area contributed by atoms with Gasteiger partial charge in [-0.2, -0.15) is 0 Å². The Morgan fingerprint density at radius 2 is 1.95 bits per heavy atom. The highest BCUT2D eigenvalue weighted by molar-refractivity contribution is 6.30. The normalized spacial score (nSPS) is 9.90. The average Bonchev–Trinajstić information content (AvgIpc) is 2.41. The quantitative estimate of drug-likeness (QED) is 0.878. The number of hydrogen-bond acceptors (Lipinski definition) is 2. The Balaban J connectivity index is 2.05. The molecule has 0 aromatic heterocycles. The molecule has 0 spiro atoms. The molecule has 0 saturated carbocycles. The number of amides is 2. The number of anilines is 2. The molecule has 4 nitrogen and oxygen atoms in total. The van der Waals surface area contributed by atoms with Gasteiger partial charge in [0, 0.05) is 10.7 Å². The molecule has 2 rings (SSSR count). The summed E-state index contributed by atoms with van der Waals surface area (Å²) < 4.78 is 5.44. The lowest BCUT2D eigenvalue weighted by molar-refractivity contribution is 0.262. The standard InChI is InChI=1S/C15H15ClN2O2/c1-2-20-14-9-4-3-8-13(14)18-15(19)17-12-7-5-6-11(16)10-12/h3-10H,2H2,1H3,(H2,17,18,19). The van der Waals surface area contributed by atoms with Gasteiger partial charge in [-0.05, 0) is 37.3 Å². The molecule has 0 aliphatic carbocycles. The number of hydrogen-bond donors (Lipinski definition) is 2. The van der Waals surface area contributed by atoms with E-state index in [2.05, 4.69) is 10.6 Å². The van der Waals surface area contributed by atoms with Gasteiger partial charge in [-0.25, -0.2) is 4.79 Å². The molecule has 0 saturated heterocycles. The minimum Gasteiger partial charge on any atom is -0.492 e. The molecule has 0 atom stereocenters. The summed E-state index contributed by atoms with van der Waals surface area (Å²) >= 11 is 5.86. The molecule has 2 aromatic rings. The second kappa shape index (κ2) is 6.82. The van der Waals surface area contributed by atoms with Gasteiger partial charge >= 0.3 is 6.03 Å². The summed E-state index contributed by atoms with van der Waals surface area (Å²) in [6, 6.07) is 13.9. The van der Waals surface area contributed by atoms with E-state index in [9.17, 15) is 4.79 Å². The Labute approximate surface area is 122 Å². The van der Waals surface area contributed by atoms with Crippen molar-refractivity contribution in [2.24, 2.45) is 0 Å². The summed E-state index contributed by atoms with van der Waals surface area (Å²) in [6.07, 6.45) is 0. The van der Waals surface area contributed by atoms with E-state index in [1.807, 2.05) is 19.1 Å². The second-order valence-electron chi connectivity index (χ2n) is 4.02. The zero-order valence-electron chi connectivity index (χ0n) is 11.0. The smallest absolute Gasteiger partial charge is 0.323 e. The molecule has 20 heavy (non-hydrogen) atoms. The SMILES string of the molecule is CCOc1ccccc1NC(=O)Nc1cccc(Cl)c1. The molecule has 0 heterocycles. The van der Waals surface area contributed by atoms with Crippen molar-refractivity contribution in [1.29, 1.82) is 0 Å². The zero-order valence-corrected chi connectivity index (χ0v) is 11.8. The van der Waals surface area contributed by atoms with Crippen LogP contribution in [-0.2, 0) is 0 Å². The molecule has 104 valence electrons. The van der Waals surface area contributed by atoms with Crippen LogP contribution in [0.25, 0.3) is 0 Å². The van der Waals surface area contributed by atoms with Crippen LogP contribution in [0.3, 0.4) is 0 Å². The molecule has 5 heteroatoms. The van der Waals surface area contributed by atoms with Crippen LogP contribution in [0.5, 0.6) is 5.75 Å². The first-order valence-electron chi connectivity index (χ1n) is 6.24. The van der Waals surface area contributed by atoms with Crippen LogP contribution in [0, 0.1) is 0 Å². The van der Waals surface area contributed by atoms with Gasteiger partial charge in [0.1, 0.15) is 5.75 Å². The van der Waals surface area contributed by atoms with Crippen molar-refractivity contribution in [3.63, 3.8) is 0 Å². The molecule has 0 fully saturated rings. The summed E-state index contributed by atoms with van der Waals surface area (Å²) in [6.45, 7) is 2.43. The second-order valence-corrected chi connectivity index (χ2v) is 4.46. The molecular formula is C15H15ClN2O2. The average molecular weight is 291 g/mol. The van der Waals surface area contributed by atoms with E-state index < -0.39 is 0 Å². The molecule has 0 bridgehead atoms. The summed E-state index contributed by atoms with van der Waals surface area (Å²) in [7, 11) is 0. The number of urea groups is 1. The number of para-hydroxylation sites is 2. The highest BCUT2D eigenvalue weighted by Crippen LogP contribution is 2.24. The van der Waals surface area contributed by atoms with Crippen LogP contribution in [0.15, 0.2) is 48.5 Å². The van der Waals surface area contributed by atoms with E-state index in [-0.39, 0.29) is 6.03 Å². The number of nitrogens with one attached hydrogen (secondary N) is 2. The third-order valence-corrected chi connectivity index (χ3v) is 2.75. The number of carbonyl (C=O) groups excluding carboxylic acids is 1. The van der Waals surface area contributed by atoms with Crippen LogP contribution in [0.2, 0.25) is 5.02 Å². The third-order valence-electron chi connectivity index (χ3n) is 2.52. The van der Waals surface area contributed by atoms with Gasteiger partial charge in [0.05, 0.1) is 12.3 Å². The third kappa shape index (κ3) is 3.90. The molecule has 2 N–H and O–H groups in total. The van der Waals surface area contributed by atoms with Gasteiger partial charge in [0.25, 0.3) is 0 Å². The van der Waals surface area contributed by atoms with Crippen molar-refractivity contribution in [2.45, 2.75) is 6.92 Å². The number of carbonyl (C=O) groups is 1. The van der Waals surface area contributed by atoms with Crippen molar-refractivity contribution in [3.05, 3.63) is 53.6 Å². The Kier molecular flexibility index (Phi) is 4.85. The van der Waals surface area contributed by atoms with Crippen molar-refractivity contribution >= 4 is 29.0 Å². The van der Waals surface area contributed by atoms with Gasteiger partial charge in [-0.15, -0.1) is 0 Å². The number of halogens is 1. The first-order chi connectivity index (χ1) is 9.69. The van der Waals surface area contributed by atoms with Crippen LogP contribution in [0.1, 0.15) is 6.92 Å². The fourth-order valence-electron chi connectivity index (χ4n) is 1.70. The molecule has 2 aromatic carbocycles. The highest BCUT2D eigenvalue weighted by atomic mass is 35.5. The van der Waals surface area contributed by atoms with Crippen LogP contribution < -0.4 is 15.4 Å². The maximum absolute atomic E-state index is 11.9. The van der Waals surface area contributed by atoms with Crippen molar-refractivity contribution in [3.8, 4) is 5.75 Å². The Bertz CT molecular complexity index is 602. The van der Waals surface area contributed by atoms with E-state index in [1.165, 1.54) is 0 Å². The van der Waals surface area contributed by atoms with E-state index in [4.69, 9.17) is 16.3 Å². The van der Waals surface area contributed by atoms with Gasteiger partial charge in [-0.3, -0.25) is 0 Å². The van der Waals surface area contributed by atoms with Gasteiger partial charge in [-0.1, -0.05) is 29.8 Å². The van der Waals surface area contributed by atoms with Crippen LogP contribution in [0.4, 0.5) is 16.2 Å². The Morgan fingerprint density at radius 3 is 2.70 bits per heavy atom. The molecule has 0 unspecified atom stereocenters. The largest absolute Gasteiger partial charge is 0.492 e. The number of ether oxygens (including phenoxy) is 1. The van der Waals surface area contributed by atoms with Gasteiger partial charge in [0.2, 0.25) is 0 Å². The van der Waals surface area contributed by atoms with E-state index in [0.29, 0.717) is 28.8 Å². The molecule has 0 aliphatic heterocycles. The lowest BCUT2D eigenvalue weighted by Crippen LogP contribution is -2.19. The summed E-state index contributed by atoms with van der Waals surface area (Å²) in [5.74, 6) is 0.635. The maximum atomic E-state index is 11.9. The van der Waals surface area contributed by atoms with Crippen molar-refractivity contribution in [2.75, 3.05) is 17.2 Å². The zero-order chi connectivity index (χ0) is 14.4. The lowest BCUT2D eigenvalue weighted by Gasteiger charge is -2.12. The van der Waals surface area contributed by atoms with E-state index in [0.717, 1.165) is 0 Å². The Hall–Kier alpha value is -2.20. The topological polar surface area (TPSA) is 50.4 Å². The fraction of sp³-hybridized carbons (Fsp3) is 0.133. The summed E-state index contributed by atoms with van der Waals surface area (Å²) in [5, 5.41) is 6.02. The fourth-order valence-corrected chi connectivity index (χ4v) is 1.89.